The SMILES string of the molecule is Cc1c(C=CC(=O)Nc2ccn(Cc3c(F)cccc3Cl)n2)cnn1C. The van der Waals surface area contributed by atoms with E-state index >= 15 is 0 Å². The second-order valence-electron chi connectivity index (χ2n) is 5.73. The largest absolute Gasteiger partial charge is 0.306 e. The van der Waals surface area contributed by atoms with Gasteiger partial charge in [-0.25, -0.2) is 4.39 Å². The number of carbonyl (C=O) groups is 1. The van der Waals surface area contributed by atoms with E-state index in [-0.39, 0.29) is 12.5 Å². The highest BCUT2D eigenvalue weighted by molar-refractivity contribution is 6.31. The number of hydrogen-bond donors (Lipinski definition) is 1. The molecule has 1 aromatic carbocycles. The highest BCUT2D eigenvalue weighted by Crippen LogP contribution is 2.20. The van der Waals surface area contributed by atoms with Crippen molar-refractivity contribution in [2.45, 2.75) is 13.5 Å². The lowest BCUT2D eigenvalue weighted by atomic mass is 10.2. The zero-order valence-corrected chi connectivity index (χ0v) is 15.0. The predicted octanol–water partition coefficient (Wildman–Crippen LogP) is 3.42. The molecule has 0 unspecified atom stereocenters. The third kappa shape index (κ3) is 4.00. The lowest BCUT2D eigenvalue weighted by Gasteiger charge is -2.05. The fourth-order valence-electron chi connectivity index (χ4n) is 2.37. The molecule has 2 aromatic heterocycles. The third-order valence-corrected chi connectivity index (χ3v) is 4.32. The van der Waals surface area contributed by atoms with Gasteiger partial charge in [0.2, 0.25) is 5.91 Å². The van der Waals surface area contributed by atoms with Gasteiger partial charge in [0.15, 0.2) is 5.82 Å². The third-order valence-electron chi connectivity index (χ3n) is 3.96. The standard InChI is InChI=1S/C18H17ClFN5O/c1-12-13(10-21-24(12)2)6-7-18(26)22-17-8-9-25(23-17)11-14-15(19)4-3-5-16(14)20/h3-10H,11H2,1-2H3,(H,22,23,26). The molecule has 6 nitrogen and oxygen atoms in total. The van der Waals surface area contributed by atoms with Crippen molar-refractivity contribution in [2.75, 3.05) is 5.32 Å². The van der Waals surface area contributed by atoms with Crippen LogP contribution in [0.25, 0.3) is 6.08 Å². The molecule has 8 heteroatoms. The van der Waals surface area contributed by atoms with Gasteiger partial charge in [0.25, 0.3) is 0 Å². The van der Waals surface area contributed by atoms with Crippen LogP contribution in [0.2, 0.25) is 5.02 Å². The Labute approximate surface area is 154 Å². The molecule has 134 valence electrons. The summed E-state index contributed by atoms with van der Waals surface area (Å²) < 4.78 is 17.1. The van der Waals surface area contributed by atoms with Crippen LogP contribution in [0.3, 0.4) is 0 Å². The second kappa shape index (κ2) is 7.53. The summed E-state index contributed by atoms with van der Waals surface area (Å²) in [6, 6.07) is 6.15. The molecule has 1 N–H and O–H groups in total. The number of nitrogens with one attached hydrogen (secondary N) is 1. The highest BCUT2D eigenvalue weighted by atomic mass is 35.5. The number of carbonyl (C=O) groups excluding carboxylic acids is 1. The van der Waals surface area contributed by atoms with Crippen molar-refractivity contribution in [3.63, 3.8) is 0 Å². The first-order valence-electron chi connectivity index (χ1n) is 7.88. The quantitative estimate of drug-likeness (QED) is 0.697. The second-order valence-corrected chi connectivity index (χ2v) is 6.14. The van der Waals surface area contributed by atoms with Crippen LogP contribution in [0.1, 0.15) is 16.8 Å². The van der Waals surface area contributed by atoms with Gasteiger partial charge in [0.1, 0.15) is 5.82 Å². The first-order chi connectivity index (χ1) is 12.4. The molecule has 0 saturated carbocycles. The van der Waals surface area contributed by atoms with Gasteiger partial charge < -0.3 is 5.32 Å². The number of benzene rings is 1. The average Bonchev–Trinajstić information content (AvgIpc) is 3.17. The molecule has 0 aliphatic rings. The molecule has 3 aromatic rings. The van der Waals surface area contributed by atoms with Gasteiger partial charge in [-0.3, -0.25) is 14.2 Å². The van der Waals surface area contributed by atoms with Crippen molar-refractivity contribution in [2.24, 2.45) is 7.05 Å². The van der Waals surface area contributed by atoms with Gasteiger partial charge in [-0.2, -0.15) is 10.2 Å². The summed E-state index contributed by atoms with van der Waals surface area (Å²) in [5.41, 5.74) is 2.17. The molecule has 0 radical (unpaired) electrons. The molecular formula is C18H17ClFN5O. The van der Waals surface area contributed by atoms with Crippen LogP contribution in [-0.2, 0) is 18.4 Å². The summed E-state index contributed by atoms with van der Waals surface area (Å²) in [6.07, 6.45) is 6.43. The number of hydrogen-bond acceptors (Lipinski definition) is 3. The summed E-state index contributed by atoms with van der Waals surface area (Å²) >= 11 is 6.02. The van der Waals surface area contributed by atoms with Gasteiger partial charge in [-0.05, 0) is 25.1 Å². The Morgan fingerprint density at radius 2 is 2.19 bits per heavy atom. The molecule has 3 rings (SSSR count). The van der Waals surface area contributed by atoms with E-state index in [1.54, 1.807) is 41.4 Å². The maximum atomic E-state index is 13.8. The van der Waals surface area contributed by atoms with Crippen molar-refractivity contribution >= 4 is 29.4 Å². The average molecular weight is 374 g/mol. The monoisotopic (exact) mass is 373 g/mol. The molecule has 2 heterocycles. The van der Waals surface area contributed by atoms with Crippen LogP contribution in [0.4, 0.5) is 10.2 Å². The summed E-state index contributed by atoms with van der Waals surface area (Å²) in [7, 11) is 1.83. The number of aromatic nitrogens is 4. The van der Waals surface area contributed by atoms with E-state index in [1.165, 1.54) is 16.8 Å². The summed E-state index contributed by atoms with van der Waals surface area (Å²) in [6.45, 7) is 2.09. The number of aryl methyl sites for hydroxylation is 1. The molecule has 0 saturated heterocycles. The van der Waals surface area contributed by atoms with Gasteiger partial charge in [-0.15, -0.1) is 0 Å². The van der Waals surface area contributed by atoms with Crippen molar-refractivity contribution in [3.05, 3.63) is 70.4 Å². The summed E-state index contributed by atoms with van der Waals surface area (Å²) in [4.78, 5) is 12.0. The number of rotatable bonds is 5. The smallest absolute Gasteiger partial charge is 0.249 e. The molecule has 0 spiro atoms. The lowest BCUT2D eigenvalue weighted by molar-refractivity contribution is -0.111. The van der Waals surface area contributed by atoms with Crippen LogP contribution in [0.5, 0.6) is 0 Å². The van der Waals surface area contributed by atoms with Crippen LogP contribution in [0.15, 0.2) is 42.7 Å². The number of halogens is 2. The van der Waals surface area contributed by atoms with Crippen molar-refractivity contribution in [1.82, 2.24) is 19.6 Å². The maximum Gasteiger partial charge on any atom is 0.249 e. The lowest BCUT2D eigenvalue weighted by Crippen LogP contribution is -2.10. The molecule has 0 atom stereocenters. The van der Waals surface area contributed by atoms with E-state index < -0.39 is 5.82 Å². The first-order valence-corrected chi connectivity index (χ1v) is 8.26. The van der Waals surface area contributed by atoms with E-state index in [1.807, 2.05) is 14.0 Å². The Morgan fingerprint density at radius 1 is 1.38 bits per heavy atom. The van der Waals surface area contributed by atoms with E-state index in [2.05, 4.69) is 15.5 Å². The van der Waals surface area contributed by atoms with E-state index in [4.69, 9.17) is 11.6 Å². The van der Waals surface area contributed by atoms with Crippen molar-refractivity contribution < 1.29 is 9.18 Å². The number of anilines is 1. The van der Waals surface area contributed by atoms with E-state index in [0.717, 1.165) is 11.3 Å². The van der Waals surface area contributed by atoms with Crippen molar-refractivity contribution in [3.8, 4) is 0 Å². The Morgan fingerprint density at radius 3 is 2.88 bits per heavy atom. The molecule has 0 aliphatic carbocycles. The van der Waals surface area contributed by atoms with Gasteiger partial charge in [-0.1, -0.05) is 17.7 Å². The Bertz CT molecular complexity index is 956. The topological polar surface area (TPSA) is 64.7 Å². The Hall–Kier alpha value is -2.93. The van der Waals surface area contributed by atoms with Gasteiger partial charge in [0, 0.05) is 47.2 Å². The maximum absolute atomic E-state index is 13.8. The van der Waals surface area contributed by atoms with E-state index in [9.17, 15) is 9.18 Å². The number of nitrogens with zero attached hydrogens (tertiary/aromatic N) is 4. The van der Waals surface area contributed by atoms with Crippen LogP contribution >= 0.6 is 11.6 Å². The zero-order valence-electron chi connectivity index (χ0n) is 14.3. The summed E-state index contributed by atoms with van der Waals surface area (Å²) in [5, 5.41) is 11.3. The summed E-state index contributed by atoms with van der Waals surface area (Å²) in [5.74, 6) is -0.342. The molecule has 26 heavy (non-hydrogen) atoms. The minimum atomic E-state index is -0.395. The fourth-order valence-corrected chi connectivity index (χ4v) is 2.60. The minimum absolute atomic E-state index is 0.173. The van der Waals surface area contributed by atoms with E-state index in [0.29, 0.717) is 16.4 Å². The minimum Gasteiger partial charge on any atom is -0.306 e. The normalized spacial score (nSPS) is 11.2. The first kappa shape index (κ1) is 17.9. The number of amides is 1. The molecule has 0 aliphatic heterocycles. The molecule has 0 bridgehead atoms. The van der Waals surface area contributed by atoms with Crippen LogP contribution < -0.4 is 5.32 Å². The van der Waals surface area contributed by atoms with Gasteiger partial charge >= 0.3 is 0 Å². The fraction of sp³-hybridized carbons (Fsp3) is 0.167. The Kier molecular flexibility index (Phi) is 5.18. The van der Waals surface area contributed by atoms with Crippen molar-refractivity contribution in [1.29, 1.82) is 0 Å². The predicted molar refractivity (Wildman–Crippen MR) is 98.3 cm³/mol. The van der Waals surface area contributed by atoms with Gasteiger partial charge in [0.05, 0.1) is 12.7 Å². The Balaban J connectivity index is 1.65. The van der Waals surface area contributed by atoms with Crippen LogP contribution in [-0.4, -0.2) is 25.5 Å². The highest BCUT2D eigenvalue weighted by Gasteiger charge is 2.09. The zero-order chi connectivity index (χ0) is 18.7. The molecule has 1 amide bonds. The van der Waals surface area contributed by atoms with Crippen LogP contribution in [0, 0.1) is 12.7 Å². The molecular weight excluding hydrogens is 357 g/mol. The molecule has 0 fully saturated rings.